The molecule has 9 heteroatoms. The number of hydrogen-bond acceptors (Lipinski definition) is 6. The Morgan fingerprint density at radius 2 is 2.00 bits per heavy atom. The number of rotatable bonds is 6. The second-order valence-electron chi connectivity index (χ2n) is 5.85. The van der Waals surface area contributed by atoms with Gasteiger partial charge in [0.05, 0.1) is 10.6 Å². The molecule has 2 N–H and O–H groups in total. The molecular weight excluding hydrogens is 380 g/mol. The number of nitrogens with one attached hydrogen (secondary N) is 2. The van der Waals surface area contributed by atoms with E-state index >= 15 is 0 Å². The molecule has 2 aromatic heterocycles. The summed E-state index contributed by atoms with van der Waals surface area (Å²) in [6, 6.07) is 13.8. The number of nitro groups is 1. The molecule has 4 rings (SSSR count). The number of carbonyl (C=O) groups is 1. The number of aromatic nitrogens is 2. The average molecular weight is 394 g/mol. The first-order valence-corrected chi connectivity index (χ1v) is 9.18. The van der Waals surface area contributed by atoms with Gasteiger partial charge in [-0.2, -0.15) is 0 Å². The van der Waals surface area contributed by atoms with E-state index in [1.54, 1.807) is 6.07 Å². The van der Waals surface area contributed by atoms with Crippen molar-refractivity contribution in [2.75, 3.05) is 11.9 Å². The van der Waals surface area contributed by atoms with Crippen LogP contribution in [-0.2, 0) is 4.79 Å². The number of nitrogens with zero attached hydrogens (tertiary/aromatic N) is 2. The molecule has 0 radical (unpaired) electrons. The van der Waals surface area contributed by atoms with Crippen molar-refractivity contribution >= 4 is 39.0 Å². The highest BCUT2D eigenvalue weighted by molar-refractivity contribution is 7.14. The Kier molecular flexibility index (Phi) is 4.73. The standard InChI is InChI=1S/C19H14N4O4S/c24-18(10-27-17-8-4-3-7-16(17)23(25)26)22-19-21-15(11-28-19)13-9-20-14-6-2-1-5-12(13)14/h1-9,11,20H,10H2,(H,21,22,24). The molecule has 0 atom stereocenters. The zero-order valence-corrected chi connectivity index (χ0v) is 15.2. The highest BCUT2D eigenvalue weighted by Gasteiger charge is 2.16. The molecule has 1 amide bonds. The molecule has 140 valence electrons. The van der Waals surface area contributed by atoms with E-state index in [1.165, 1.54) is 29.5 Å². The van der Waals surface area contributed by atoms with Crippen LogP contribution in [0.25, 0.3) is 22.2 Å². The van der Waals surface area contributed by atoms with E-state index in [9.17, 15) is 14.9 Å². The summed E-state index contributed by atoms with van der Waals surface area (Å²) in [5.74, 6) is -0.403. The van der Waals surface area contributed by atoms with Crippen LogP contribution >= 0.6 is 11.3 Å². The van der Waals surface area contributed by atoms with Gasteiger partial charge < -0.3 is 9.72 Å². The second kappa shape index (κ2) is 7.49. The van der Waals surface area contributed by atoms with Crippen LogP contribution in [0.15, 0.2) is 60.1 Å². The van der Waals surface area contributed by atoms with Crippen molar-refractivity contribution in [3.63, 3.8) is 0 Å². The number of ether oxygens (including phenoxy) is 1. The Morgan fingerprint density at radius 1 is 1.21 bits per heavy atom. The summed E-state index contributed by atoms with van der Waals surface area (Å²) in [6.45, 7) is -0.354. The number of H-pyrrole nitrogens is 1. The monoisotopic (exact) mass is 394 g/mol. The molecule has 0 bridgehead atoms. The number of para-hydroxylation sites is 3. The third-order valence-corrected chi connectivity index (χ3v) is 4.79. The maximum atomic E-state index is 12.1. The number of hydrogen-bond donors (Lipinski definition) is 2. The molecule has 8 nitrogen and oxygen atoms in total. The summed E-state index contributed by atoms with van der Waals surface area (Å²) in [7, 11) is 0. The minimum Gasteiger partial charge on any atom is -0.477 e. The third kappa shape index (κ3) is 3.55. The van der Waals surface area contributed by atoms with Gasteiger partial charge in [-0.25, -0.2) is 4.98 Å². The fraction of sp³-hybridized carbons (Fsp3) is 0.0526. The van der Waals surface area contributed by atoms with Crippen molar-refractivity contribution in [2.24, 2.45) is 0 Å². The minimum absolute atomic E-state index is 0.0428. The first kappa shape index (κ1) is 17.7. The molecule has 0 saturated carbocycles. The molecule has 0 spiro atoms. The van der Waals surface area contributed by atoms with Gasteiger partial charge in [0.1, 0.15) is 0 Å². The topological polar surface area (TPSA) is 110 Å². The molecule has 0 aliphatic heterocycles. The average Bonchev–Trinajstić information content (AvgIpc) is 3.33. The number of thiazole rings is 1. The largest absolute Gasteiger partial charge is 0.477 e. The summed E-state index contributed by atoms with van der Waals surface area (Å²) < 4.78 is 5.29. The van der Waals surface area contributed by atoms with Crippen LogP contribution in [0, 0.1) is 10.1 Å². The molecule has 4 aromatic rings. The lowest BCUT2D eigenvalue weighted by atomic mass is 10.1. The van der Waals surface area contributed by atoms with E-state index in [4.69, 9.17) is 4.74 Å². The van der Waals surface area contributed by atoms with Crippen molar-refractivity contribution in [1.82, 2.24) is 9.97 Å². The summed E-state index contributed by atoms with van der Waals surface area (Å²) in [5.41, 5.74) is 2.51. The van der Waals surface area contributed by atoms with Crippen LogP contribution in [0.4, 0.5) is 10.8 Å². The number of nitro benzene ring substituents is 1. The zero-order chi connectivity index (χ0) is 19.5. The molecular formula is C19H14N4O4S. The Hall–Kier alpha value is -3.72. The Labute approximate surface area is 163 Å². The number of fused-ring (bicyclic) bond motifs is 1. The van der Waals surface area contributed by atoms with E-state index in [2.05, 4.69) is 15.3 Å². The second-order valence-corrected chi connectivity index (χ2v) is 6.71. The van der Waals surface area contributed by atoms with Crippen LogP contribution < -0.4 is 10.1 Å². The minimum atomic E-state index is -0.554. The molecule has 2 heterocycles. The van der Waals surface area contributed by atoms with Gasteiger partial charge in [0.25, 0.3) is 5.91 Å². The van der Waals surface area contributed by atoms with Gasteiger partial charge in [-0.3, -0.25) is 20.2 Å². The van der Waals surface area contributed by atoms with Crippen molar-refractivity contribution in [2.45, 2.75) is 0 Å². The number of amides is 1. The summed E-state index contributed by atoms with van der Waals surface area (Å²) >= 11 is 1.29. The predicted octanol–water partition coefficient (Wildman–Crippen LogP) is 4.22. The van der Waals surface area contributed by atoms with Gasteiger partial charge in [0.15, 0.2) is 17.5 Å². The Bertz CT molecular complexity index is 1170. The van der Waals surface area contributed by atoms with Crippen molar-refractivity contribution in [3.8, 4) is 17.0 Å². The first-order valence-electron chi connectivity index (χ1n) is 8.30. The maximum Gasteiger partial charge on any atom is 0.310 e. The lowest BCUT2D eigenvalue weighted by Gasteiger charge is -2.06. The van der Waals surface area contributed by atoms with Crippen molar-refractivity contribution in [3.05, 3.63) is 70.2 Å². The highest BCUT2D eigenvalue weighted by atomic mass is 32.1. The quantitative estimate of drug-likeness (QED) is 0.376. The fourth-order valence-corrected chi connectivity index (χ4v) is 3.49. The van der Waals surface area contributed by atoms with Crippen LogP contribution in [0.5, 0.6) is 5.75 Å². The summed E-state index contributed by atoms with van der Waals surface area (Å²) in [5, 5.41) is 17.0. The molecule has 0 aliphatic carbocycles. The lowest BCUT2D eigenvalue weighted by molar-refractivity contribution is -0.385. The van der Waals surface area contributed by atoms with Gasteiger partial charge in [-0.05, 0) is 12.1 Å². The number of carbonyl (C=O) groups excluding carboxylic acids is 1. The van der Waals surface area contributed by atoms with Gasteiger partial charge in [0, 0.05) is 34.1 Å². The highest BCUT2D eigenvalue weighted by Crippen LogP contribution is 2.31. The van der Waals surface area contributed by atoms with E-state index in [0.717, 1.165) is 22.2 Å². The fourth-order valence-electron chi connectivity index (χ4n) is 2.77. The molecule has 0 fully saturated rings. The normalized spacial score (nSPS) is 10.7. The van der Waals surface area contributed by atoms with E-state index in [1.807, 2.05) is 35.8 Å². The van der Waals surface area contributed by atoms with Gasteiger partial charge in [-0.1, -0.05) is 30.3 Å². The number of aromatic amines is 1. The van der Waals surface area contributed by atoms with Gasteiger partial charge in [-0.15, -0.1) is 11.3 Å². The van der Waals surface area contributed by atoms with E-state index < -0.39 is 10.8 Å². The molecule has 2 aromatic carbocycles. The molecule has 28 heavy (non-hydrogen) atoms. The van der Waals surface area contributed by atoms with Crippen LogP contribution in [0.2, 0.25) is 0 Å². The van der Waals surface area contributed by atoms with Crippen molar-refractivity contribution < 1.29 is 14.5 Å². The summed E-state index contributed by atoms with van der Waals surface area (Å²) in [6.07, 6.45) is 1.88. The third-order valence-electron chi connectivity index (χ3n) is 4.04. The molecule has 0 aliphatic rings. The number of anilines is 1. The Balaban J connectivity index is 1.43. The van der Waals surface area contributed by atoms with Crippen molar-refractivity contribution in [1.29, 1.82) is 0 Å². The van der Waals surface area contributed by atoms with E-state index in [0.29, 0.717) is 5.13 Å². The number of benzene rings is 2. The van der Waals surface area contributed by atoms with E-state index in [-0.39, 0.29) is 18.0 Å². The predicted molar refractivity (Wildman–Crippen MR) is 107 cm³/mol. The van der Waals surface area contributed by atoms with Gasteiger partial charge >= 0.3 is 5.69 Å². The smallest absolute Gasteiger partial charge is 0.310 e. The zero-order valence-electron chi connectivity index (χ0n) is 14.4. The van der Waals surface area contributed by atoms with Gasteiger partial charge in [0.2, 0.25) is 0 Å². The van der Waals surface area contributed by atoms with Crippen LogP contribution in [0.1, 0.15) is 0 Å². The van der Waals surface area contributed by atoms with Crippen LogP contribution in [0.3, 0.4) is 0 Å². The summed E-state index contributed by atoms with van der Waals surface area (Å²) in [4.78, 5) is 30.2. The molecule has 0 saturated heterocycles. The lowest BCUT2D eigenvalue weighted by Crippen LogP contribution is -2.20. The molecule has 0 unspecified atom stereocenters. The van der Waals surface area contributed by atoms with Crippen LogP contribution in [-0.4, -0.2) is 27.4 Å². The Morgan fingerprint density at radius 3 is 2.86 bits per heavy atom. The SMILES string of the molecule is O=C(COc1ccccc1[N+](=O)[O-])Nc1nc(-c2c[nH]c3ccccc23)cs1. The first-order chi connectivity index (χ1) is 13.6. The maximum absolute atomic E-state index is 12.1.